The fraction of sp³-hybridized carbons (Fsp3) is 0.920. The maximum Gasteiger partial charge on any atom is 0.154 e. The molecule has 2 rings (SSSR count). The Labute approximate surface area is 206 Å². The fourth-order valence-electron chi connectivity index (χ4n) is 5.20. The Morgan fingerprint density at radius 3 is 1.32 bits per heavy atom. The van der Waals surface area contributed by atoms with Crippen molar-refractivity contribution in [2.45, 2.75) is 135 Å². The number of nitrogens with zero attached hydrogens (tertiary/aromatic N) is 6. The van der Waals surface area contributed by atoms with Gasteiger partial charge in [0.05, 0.1) is 0 Å². The molecule has 0 aliphatic rings. The molecule has 0 radical (unpaired) electrons. The van der Waals surface area contributed by atoms with Crippen molar-refractivity contribution in [2.24, 2.45) is 0 Å². The van der Waals surface area contributed by atoms with Gasteiger partial charge in [0.15, 0.2) is 11.6 Å². The van der Waals surface area contributed by atoms with Crippen molar-refractivity contribution in [1.29, 1.82) is 0 Å². The zero-order chi connectivity index (χ0) is 24.5. The number of unbranched alkanes of at least 4 members (excludes halogenated alkanes) is 7. The van der Waals surface area contributed by atoms with Gasteiger partial charge < -0.3 is 4.74 Å². The molecule has 0 unspecified atom stereocenters. The minimum Gasteiger partial charge on any atom is -0.381 e. The number of ether oxygens (including phenoxy) is 1. The molecular formula is C25H48N8O. The third-order valence-electron chi connectivity index (χ3n) is 8.04. The molecule has 0 aliphatic heterocycles. The molecule has 9 nitrogen and oxygen atoms in total. The molecule has 194 valence electrons. The van der Waals surface area contributed by atoms with Crippen LogP contribution in [0.5, 0.6) is 0 Å². The normalized spacial score (nSPS) is 12.5. The van der Waals surface area contributed by atoms with E-state index in [1.165, 1.54) is 51.4 Å². The van der Waals surface area contributed by atoms with E-state index in [-0.39, 0.29) is 10.8 Å². The van der Waals surface area contributed by atoms with E-state index in [0.717, 1.165) is 69.8 Å². The zero-order valence-electron chi connectivity index (χ0n) is 22.1. The number of H-pyrrole nitrogens is 2. The Morgan fingerprint density at radius 2 is 0.941 bits per heavy atom. The molecule has 0 aliphatic carbocycles. The topological polar surface area (TPSA) is 118 Å². The van der Waals surface area contributed by atoms with Crippen LogP contribution in [0.2, 0.25) is 0 Å². The van der Waals surface area contributed by atoms with Crippen molar-refractivity contribution in [3.8, 4) is 0 Å². The monoisotopic (exact) mass is 476 g/mol. The molecule has 0 bridgehead atoms. The first-order chi connectivity index (χ1) is 16.7. The van der Waals surface area contributed by atoms with Crippen LogP contribution in [0.4, 0.5) is 0 Å². The van der Waals surface area contributed by atoms with Crippen molar-refractivity contribution >= 4 is 0 Å². The number of hydrogen-bond acceptors (Lipinski definition) is 7. The largest absolute Gasteiger partial charge is 0.381 e. The smallest absolute Gasteiger partial charge is 0.154 e. The van der Waals surface area contributed by atoms with Crippen LogP contribution in [0.25, 0.3) is 0 Å². The first-order valence-corrected chi connectivity index (χ1v) is 13.7. The summed E-state index contributed by atoms with van der Waals surface area (Å²) in [7, 11) is 0. The molecule has 2 N–H and O–H groups in total. The molecule has 2 aromatic heterocycles. The van der Waals surface area contributed by atoms with Gasteiger partial charge in [0.2, 0.25) is 0 Å². The Hall–Kier alpha value is -1.90. The van der Waals surface area contributed by atoms with E-state index in [1.54, 1.807) is 0 Å². The summed E-state index contributed by atoms with van der Waals surface area (Å²) in [5.41, 5.74) is 0.200. The van der Waals surface area contributed by atoms with Gasteiger partial charge in [0.1, 0.15) is 0 Å². The molecule has 2 heterocycles. The average Bonchev–Trinajstić information content (AvgIpc) is 3.60. The predicted molar refractivity (Wildman–Crippen MR) is 134 cm³/mol. The van der Waals surface area contributed by atoms with Gasteiger partial charge >= 0.3 is 0 Å². The number of nitrogens with one attached hydrogen (secondary N) is 2. The lowest BCUT2D eigenvalue weighted by Crippen LogP contribution is -2.26. The van der Waals surface area contributed by atoms with Crippen LogP contribution in [0.3, 0.4) is 0 Å². The third kappa shape index (κ3) is 8.40. The summed E-state index contributed by atoms with van der Waals surface area (Å²) in [5, 5.41) is 29.5. The van der Waals surface area contributed by atoms with E-state index in [2.05, 4.69) is 68.9 Å². The number of rotatable bonds is 21. The second-order valence-corrected chi connectivity index (χ2v) is 9.77. The molecule has 9 heteroatoms. The van der Waals surface area contributed by atoms with Crippen molar-refractivity contribution in [3.63, 3.8) is 0 Å². The molecule has 0 spiro atoms. The number of tetrazole rings is 2. The summed E-state index contributed by atoms with van der Waals surface area (Å²) in [6, 6.07) is 0. The summed E-state index contributed by atoms with van der Waals surface area (Å²) in [6.07, 6.45) is 17.7. The van der Waals surface area contributed by atoms with Gasteiger partial charge in [-0.05, 0) is 72.2 Å². The summed E-state index contributed by atoms with van der Waals surface area (Å²) < 4.78 is 5.87. The lowest BCUT2D eigenvalue weighted by molar-refractivity contribution is 0.125. The second-order valence-electron chi connectivity index (χ2n) is 9.77. The minimum atomic E-state index is 0.0894. The molecule has 0 saturated heterocycles. The van der Waals surface area contributed by atoms with Crippen molar-refractivity contribution in [3.05, 3.63) is 11.6 Å². The van der Waals surface area contributed by atoms with E-state index in [4.69, 9.17) is 4.74 Å². The highest BCUT2D eigenvalue weighted by Crippen LogP contribution is 2.35. The van der Waals surface area contributed by atoms with E-state index in [0.29, 0.717) is 0 Å². The van der Waals surface area contributed by atoms with Crippen LogP contribution in [-0.4, -0.2) is 54.5 Å². The number of aromatic amines is 2. The third-order valence-corrected chi connectivity index (χ3v) is 8.04. The zero-order valence-corrected chi connectivity index (χ0v) is 22.1. The minimum absolute atomic E-state index is 0.0894. The van der Waals surface area contributed by atoms with E-state index >= 15 is 0 Å². The van der Waals surface area contributed by atoms with Crippen molar-refractivity contribution < 1.29 is 4.74 Å². The lowest BCUT2D eigenvalue weighted by Gasteiger charge is -2.28. The molecular weight excluding hydrogens is 428 g/mol. The first-order valence-electron chi connectivity index (χ1n) is 13.7. The Balaban J connectivity index is 1.44. The summed E-state index contributed by atoms with van der Waals surface area (Å²) >= 11 is 0. The second kappa shape index (κ2) is 15.9. The maximum absolute atomic E-state index is 5.87. The van der Waals surface area contributed by atoms with Gasteiger partial charge in [-0.15, -0.1) is 10.2 Å². The molecule has 34 heavy (non-hydrogen) atoms. The van der Waals surface area contributed by atoms with Crippen molar-refractivity contribution in [1.82, 2.24) is 41.2 Å². The number of hydrogen-bond donors (Lipinski definition) is 2. The lowest BCUT2D eigenvalue weighted by atomic mass is 9.77. The summed E-state index contributed by atoms with van der Waals surface area (Å²) in [4.78, 5) is 0. The van der Waals surface area contributed by atoms with Gasteiger partial charge in [-0.25, -0.2) is 10.2 Å². The molecule has 0 aromatic carbocycles. The summed E-state index contributed by atoms with van der Waals surface area (Å²) in [5.74, 6) is 1.90. The fourth-order valence-corrected chi connectivity index (χ4v) is 5.20. The highest BCUT2D eigenvalue weighted by Gasteiger charge is 2.32. The summed E-state index contributed by atoms with van der Waals surface area (Å²) in [6.45, 7) is 10.7. The van der Waals surface area contributed by atoms with Gasteiger partial charge in [-0.3, -0.25) is 0 Å². The van der Waals surface area contributed by atoms with E-state index in [9.17, 15) is 0 Å². The highest BCUT2D eigenvalue weighted by atomic mass is 16.5. The molecule has 0 fully saturated rings. The van der Waals surface area contributed by atoms with Gasteiger partial charge in [0, 0.05) is 24.0 Å². The SMILES string of the molecule is CCC(CC)(CCCCCCCCOCCCCCC(CC)(CC)c1nnn[nH]1)c1nnn[nH]1. The average molecular weight is 477 g/mol. The Kier molecular flexibility index (Phi) is 13.3. The molecule has 2 aromatic rings. The first kappa shape index (κ1) is 28.3. The molecule has 0 saturated carbocycles. The Morgan fingerprint density at radius 1 is 0.559 bits per heavy atom. The quantitative estimate of drug-likeness (QED) is 0.217. The van der Waals surface area contributed by atoms with Crippen LogP contribution in [0, 0.1) is 0 Å². The molecule has 0 amide bonds. The standard InChI is InChI=1S/C25H48N8O/c1-5-24(6-2,22-26-30-31-27-22)18-14-11-9-10-12-16-20-34-21-17-13-15-19-25(7-3,8-4)23-28-32-33-29-23/h5-21H2,1-4H3,(H,26,27,30,31)(H,28,29,32,33). The number of aromatic nitrogens is 8. The van der Waals surface area contributed by atoms with Gasteiger partial charge in [-0.1, -0.05) is 72.6 Å². The van der Waals surface area contributed by atoms with E-state index in [1.807, 2.05) is 0 Å². The van der Waals surface area contributed by atoms with Crippen molar-refractivity contribution in [2.75, 3.05) is 13.2 Å². The van der Waals surface area contributed by atoms with Crippen LogP contribution < -0.4 is 0 Å². The highest BCUT2D eigenvalue weighted by molar-refractivity contribution is 5.04. The van der Waals surface area contributed by atoms with Crippen LogP contribution in [-0.2, 0) is 15.6 Å². The van der Waals surface area contributed by atoms with E-state index < -0.39 is 0 Å². The van der Waals surface area contributed by atoms with Crippen LogP contribution in [0.15, 0.2) is 0 Å². The van der Waals surface area contributed by atoms with Crippen LogP contribution >= 0.6 is 0 Å². The Bertz CT molecular complexity index is 649. The maximum atomic E-state index is 5.87. The van der Waals surface area contributed by atoms with Crippen LogP contribution in [0.1, 0.15) is 136 Å². The molecule has 0 atom stereocenters. The van der Waals surface area contributed by atoms with Gasteiger partial charge in [0.25, 0.3) is 0 Å². The van der Waals surface area contributed by atoms with Gasteiger partial charge in [-0.2, -0.15) is 0 Å². The predicted octanol–water partition coefficient (Wildman–Crippen LogP) is 5.84.